The Labute approximate surface area is 119 Å². The lowest BCUT2D eigenvalue weighted by atomic mass is 9.84. The first-order valence-electron chi connectivity index (χ1n) is 6.68. The zero-order chi connectivity index (χ0) is 14.7. The Morgan fingerprint density at radius 1 is 1.53 bits per heavy atom. The predicted octanol–water partition coefficient (Wildman–Crippen LogP) is 1.89. The van der Waals surface area contributed by atoms with Crippen LogP contribution in [0.4, 0.5) is 0 Å². The first kappa shape index (κ1) is 16.1. The molecule has 0 aliphatic carbocycles. The van der Waals surface area contributed by atoms with Crippen molar-refractivity contribution in [1.29, 1.82) is 0 Å². The van der Waals surface area contributed by atoms with E-state index in [2.05, 4.69) is 19.0 Å². The summed E-state index contributed by atoms with van der Waals surface area (Å²) in [5.41, 5.74) is 4.80. The Morgan fingerprint density at radius 3 is 2.68 bits per heavy atom. The number of carbonyl (C=O) groups excluding carboxylic acids is 1. The summed E-state index contributed by atoms with van der Waals surface area (Å²) in [4.78, 5) is 14.5. The summed E-state index contributed by atoms with van der Waals surface area (Å²) in [5.74, 6) is 0.883. The van der Waals surface area contributed by atoms with E-state index in [4.69, 9.17) is 10.9 Å². The highest BCUT2D eigenvalue weighted by Crippen LogP contribution is 2.33. The summed E-state index contributed by atoms with van der Waals surface area (Å²) in [5, 5.41) is 11.9. The highest BCUT2D eigenvalue weighted by atomic mass is 32.2. The van der Waals surface area contributed by atoms with Crippen LogP contribution in [0.25, 0.3) is 0 Å². The van der Waals surface area contributed by atoms with E-state index in [9.17, 15) is 4.79 Å². The topological polar surface area (TPSA) is 78.9 Å². The van der Waals surface area contributed by atoms with E-state index in [0.29, 0.717) is 6.42 Å². The molecule has 110 valence electrons. The van der Waals surface area contributed by atoms with Crippen molar-refractivity contribution >= 4 is 23.5 Å². The van der Waals surface area contributed by atoms with E-state index in [1.165, 1.54) is 0 Å². The van der Waals surface area contributed by atoms with Crippen molar-refractivity contribution < 1.29 is 10.0 Å². The van der Waals surface area contributed by atoms with Crippen LogP contribution in [-0.4, -0.2) is 45.4 Å². The van der Waals surface area contributed by atoms with Gasteiger partial charge in [0.05, 0.1) is 0 Å². The highest BCUT2D eigenvalue weighted by Gasteiger charge is 2.40. The minimum atomic E-state index is -0.909. The van der Waals surface area contributed by atoms with Crippen LogP contribution >= 0.6 is 11.8 Å². The zero-order valence-electron chi connectivity index (χ0n) is 12.3. The van der Waals surface area contributed by atoms with Crippen LogP contribution in [0.2, 0.25) is 0 Å². The minimum absolute atomic E-state index is 0.00356. The second-order valence-corrected chi connectivity index (χ2v) is 7.62. The van der Waals surface area contributed by atoms with Gasteiger partial charge in [-0.1, -0.05) is 25.9 Å². The second kappa shape index (κ2) is 6.03. The first-order chi connectivity index (χ1) is 8.77. The van der Waals surface area contributed by atoms with Crippen molar-refractivity contribution in [3.8, 4) is 0 Å². The van der Waals surface area contributed by atoms with Crippen molar-refractivity contribution in [3.63, 3.8) is 0 Å². The van der Waals surface area contributed by atoms with E-state index in [1.54, 1.807) is 6.92 Å². The lowest BCUT2D eigenvalue weighted by molar-refractivity contribution is -0.137. The summed E-state index contributed by atoms with van der Waals surface area (Å²) < 4.78 is 0.203. The molecular formula is C13H25N3O2S. The summed E-state index contributed by atoms with van der Waals surface area (Å²) >= 11 is 1.89. The predicted molar refractivity (Wildman–Crippen MR) is 79.5 cm³/mol. The molecule has 0 radical (unpaired) electrons. The fourth-order valence-electron chi connectivity index (χ4n) is 2.12. The number of hydrogen-bond donors (Lipinski definition) is 2. The maximum absolute atomic E-state index is 12.7. The van der Waals surface area contributed by atoms with Crippen LogP contribution in [0, 0.1) is 5.41 Å². The molecule has 19 heavy (non-hydrogen) atoms. The molecule has 0 aromatic carbocycles. The van der Waals surface area contributed by atoms with E-state index < -0.39 is 5.41 Å². The van der Waals surface area contributed by atoms with Crippen molar-refractivity contribution in [2.75, 3.05) is 18.8 Å². The van der Waals surface area contributed by atoms with E-state index in [0.717, 1.165) is 25.3 Å². The monoisotopic (exact) mass is 287 g/mol. The largest absolute Gasteiger partial charge is 0.409 e. The molecule has 1 unspecified atom stereocenters. The third-order valence-electron chi connectivity index (χ3n) is 3.98. The van der Waals surface area contributed by atoms with Gasteiger partial charge in [-0.3, -0.25) is 4.79 Å². The Kier molecular flexibility index (Phi) is 5.12. The Balaban J connectivity index is 2.87. The van der Waals surface area contributed by atoms with Gasteiger partial charge in [0.25, 0.3) is 0 Å². The molecular weight excluding hydrogens is 262 g/mol. The van der Waals surface area contributed by atoms with Crippen LogP contribution < -0.4 is 5.73 Å². The number of amides is 1. The fourth-order valence-corrected chi connectivity index (χ4v) is 3.22. The van der Waals surface area contributed by atoms with Gasteiger partial charge in [0.1, 0.15) is 5.41 Å². The molecule has 0 aromatic rings. The molecule has 1 atom stereocenters. The van der Waals surface area contributed by atoms with Crippen molar-refractivity contribution in [1.82, 2.24) is 4.90 Å². The average Bonchev–Trinajstić information content (AvgIpc) is 2.56. The molecule has 1 amide bonds. The molecule has 1 saturated heterocycles. The van der Waals surface area contributed by atoms with Gasteiger partial charge >= 0.3 is 0 Å². The molecule has 1 rings (SSSR count). The number of oxime groups is 1. The van der Waals surface area contributed by atoms with Crippen LogP contribution in [0.1, 0.15) is 40.5 Å². The smallest absolute Gasteiger partial charge is 0.236 e. The highest BCUT2D eigenvalue weighted by molar-refractivity contribution is 8.00. The van der Waals surface area contributed by atoms with Gasteiger partial charge < -0.3 is 15.8 Å². The first-order valence-corrected chi connectivity index (χ1v) is 7.67. The summed E-state index contributed by atoms with van der Waals surface area (Å²) in [7, 11) is 0. The molecule has 6 heteroatoms. The maximum atomic E-state index is 12.7. The zero-order valence-corrected chi connectivity index (χ0v) is 13.1. The third kappa shape index (κ3) is 3.55. The number of rotatable bonds is 3. The molecule has 5 nitrogen and oxygen atoms in total. The minimum Gasteiger partial charge on any atom is -0.409 e. The molecule has 0 aromatic heterocycles. The van der Waals surface area contributed by atoms with Crippen molar-refractivity contribution in [2.45, 2.75) is 45.3 Å². The quantitative estimate of drug-likeness (QED) is 0.359. The van der Waals surface area contributed by atoms with Gasteiger partial charge in [0.15, 0.2) is 5.84 Å². The molecule has 1 aliphatic rings. The summed E-state index contributed by atoms with van der Waals surface area (Å²) in [6.45, 7) is 9.48. The fraction of sp³-hybridized carbons (Fsp3) is 0.846. The SMILES string of the molecule is CCC(C)(C(=O)N1CCSC(C)(C)CC1)C(N)=NO. The van der Waals surface area contributed by atoms with Crippen LogP contribution in [-0.2, 0) is 4.79 Å². The number of nitrogens with two attached hydrogens (primary N) is 1. The molecule has 3 N–H and O–H groups in total. The van der Waals surface area contributed by atoms with Gasteiger partial charge in [-0.05, 0) is 19.8 Å². The van der Waals surface area contributed by atoms with Crippen LogP contribution in [0.5, 0.6) is 0 Å². The number of thioether (sulfide) groups is 1. The van der Waals surface area contributed by atoms with Gasteiger partial charge in [-0.2, -0.15) is 11.8 Å². The molecule has 0 spiro atoms. The molecule has 1 fully saturated rings. The number of amidine groups is 1. The lowest BCUT2D eigenvalue weighted by Crippen LogP contribution is -2.50. The van der Waals surface area contributed by atoms with Crippen LogP contribution in [0.15, 0.2) is 5.16 Å². The Bertz CT molecular complexity index is 371. The third-order valence-corrected chi connectivity index (χ3v) is 5.35. The average molecular weight is 287 g/mol. The van der Waals surface area contributed by atoms with Crippen molar-refractivity contribution in [3.05, 3.63) is 0 Å². The number of hydrogen-bond acceptors (Lipinski definition) is 4. The maximum Gasteiger partial charge on any atom is 0.236 e. The second-order valence-electron chi connectivity index (χ2n) is 5.82. The van der Waals surface area contributed by atoms with Crippen LogP contribution in [0.3, 0.4) is 0 Å². The molecule has 1 heterocycles. The van der Waals surface area contributed by atoms with Gasteiger partial charge in [-0.25, -0.2) is 0 Å². The lowest BCUT2D eigenvalue weighted by Gasteiger charge is -2.32. The van der Waals surface area contributed by atoms with Crippen molar-refractivity contribution in [2.24, 2.45) is 16.3 Å². The number of carbonyl (C=O) groups is 1. The van der Waals surface area contributed by atoms with E-state index in [-0.39, 0.29) is 16.5 Å². The normalized spacial score (nSPS) is 23.6. The van der Waals surface area contributed by atoms with Gasteiger partial charge in [-0.15, -0.1) is 0 Å². The van der Waals surface area contributed by atoms with E-state index >= 15 is 0 Å². The summed E-state index contributed by atoms with van der Waals surface area (Å²) in [6, 6.07) is 0. The molecule has 0 saturated carbocycles. The standard InChI is InChI=1S/C13H25N3O2S/c1-5-13(4,10(14)15-18)11(17)16-7-6-12(2,3)19-9-8-16/h18H,5-9H2,1-4H3,(H2,14,15). The Hall–Kier alpha value is -0.910. The van der Waals surface area contributed by atoms with Gasteiger partial charge in [0.2, 0.25) is 5.91 Å². The molecule has 0 bridgehead atoms. The van der Waals surface area contributed by atoms with E-state index in [1.807, 2.05) is 23.6 Å². The number of nitrogens with zero attached hydrogens (tertiary/aromatic N) is 2. The Morgan fingerprint density at radius 2 is 2.16 bits per heavy atom. The molecule has 1 aliphatic heterocycles. The van der Waals surface area contributed by atoms with Gasteiger partial charge in [0, 0.05) is 23.6 Å². The summed E-state index contributed by atoms with van der Waals surface area (Å²) in [6.07, 6.45) is 1.48.